The number of carbonyl (C=O) groups excluding carboxylic acids is 1. The predicted molar refractivity (Wildman–Crippen MR) is 46.2 cm³/mol. The molecule has 0 aliphatic carbocycles. The molecule has 0 aromatic heterocycles. The predicted octanol–water partition coefficient (Wildman–Crippen LogP) is -1.01. The summed E-state index contributed by atoms with van der Waals surface area (Å²) in [6.07, 6.45) is 0. The lowest BCUT2D eigenvalue weighted by Gasteiger charge is -2.11. The first kappa shape index (κ1) is 10.6. The van der Waals surface area contributed by atoms with Gasteiger partial charge in [0.2, 0.25) is 0 Å². The summed E-state index contributed by atoms with van der Waals surface area (Å²) in [5.41, 5.74) is 0.377. The van der Waals surface area contributed by atoms with E-state index < -0.39 is 5.97 Å². The molecule has 0 unspecified atom stereocenters. The first-order valence-electron chi connectivity index (χ1n) is 3.57. The minimum Gasteiger partial charge on any atom is -0.464 e. The molecule has 70 valence electrons. The zero-order valence-electron chi connectivity index (χ0n) is 7.82. The highest BCUT2D eigenvalue weighted by Crippen LogP contribution is 1.95. The van der Waals surface area contributed by atoms with Gasteiger partial charge in [-0.15, -0.1) is 0 Å². The Morgan fingerprint density at radius 1 is 1.08 bits per heavy atom. The van der Waals surface area contributed by atoms with Gasteiger partial charge in [-0.25, -0.2) is 4.79 Å². The van der Waals surface area contributed by atoms with E-state index in [1.165, 1.54) is 7.11 Å². The van der Waals surface area contributed by atoms with Gasteiger partial charge in [-0.3, -0.25) is 0 Å². The molecule has 0 rings (SSSR count). The van der Waals surface area contributed by atoms with Crippen LogP contribution in [0.5, 0.6) is 0 Å². The van der Waals surface area contributed by atoms with Gasteiger partial charge in [-0.05, 0) is 0 Å². The molecule has 5 nitrogen and oxygen atoms in total. The van der Waals surface area contributed by atoms with Crippen molar-refractivity contribution < 1.29 is 9.53 Å². The number of hydrogen-bond donors (Lipinski definition) is 3. The largest absolute Gasteiger partial charge is 0.464 e. The summed E-state index contributed by atoms with van der Waals surface area (Å²) in [4.78, 5) is 11.1. The van der Waals surface area contributed by atoms with Crippen LogP contribution in [-0.4, -0.2) is 34.2 Å². The summed E-state index contributed by atoms with van der Waals surface area (Å²) in [6.45, 7) is 0. The summed E-state index contributed by atoms with van der Waals surface area (Å²) >= 11 is 0. The van der Waals surface area contributed by atoms with Crippen molar-refractivity contribution in [2.45, 2.75) is 0 Å². The Hall–Kier alpha value is -1.39. The van der Waals surface area contributed by atoms with Crippen LogP contribution in [0.1, 0.15) is 0 Å². The number of esters is 1. The van der Waals surface area contributed by atoms with Crippen molar-refractivity contribution in [1.82, 2.24) is 16.0 Å². The third-order valence-corrected chi connectivity index (χ3v) is 1.39. The monoisotopic (exact) mass is 173 g/mol. The molecule has 0 atom stereocenters. The van der Waals surface area contributed by atoms with Gasteiger partial charge in [0.1, 0.15) is 5.82 Å². The number of hydrogen-bond acceptors (Lipinski definition) is 5. The maximum absolute atomic E-state index is 11.1. The number of ether oxygens (including phenoxy) is 1. The van der Waals surface area contributed by atoms with Gasteiger partial charge in [0.15, 0.2) is 5.70 Å². The van der Waals surface area contributed by atoms with Crippen molar-refractivity contribution >= 4 is 5.97 Å². The van der Waals surface area contributed by atoms with Crippen molar-refractivity contribution in [2.24, 2.45) is 0 Å². The fourth-order valence-corrected chi connectivity index (χ4v) is 0.806. The van der Waals surface area contributed by atoms with E-state index in [-0.39, 0.29) is 0 Å². The fourth-order valence-electron chi connectivity index (χ4n) is 0.806. The van der Waals surface area contributed by atoms with Crippen molar-refractivity contribution in [3.05, 3.63) is 11.5 Å². The summed E-state index contributed by atoms with van der Waals surface area (Å²) < 4.78 is 4.55. The van der Waals surface area contributed by atoms with Crippen LogP contribution in [0.3, 0.4) is 0 Å². The maximum Gasteiger partial charge on any atom is 0.357 e. The standard InChI is InChI=1S/C7H15N3O2/c1-8-5(7(11)12-4)6(9-2)10-3/h8-10H,1-4H3. The number of rotatable bonds is 4. The Balaban J connectivity index is 4.68. The highest BCUT2D eigenvalue weighted by Gasteiger charge is 2.12. The van der Waals surface area contributed by atoms with E-state index in [1.54, 1.807) is 21.1 Å². The van der Waals surface area contributed by atoms with Crippen LogP contribution in [0.4, 0.5) is 0 Å². The molecule has 0 amide bonds. The molecule has 0 fully saturated rings. The van der Waals surface area contributed by atoms with Crippen molar-refractivity contribution in [3.63, 3.8) is 0 Å². The lowest BCUT2D eigenvalue weighted by molar-refractivity contribution is -0.136. The normalized spacial score (nSPS) is 8.33. The van der Waals surface area contributed by atoms with Gasteiger partial charge in [0.05, 0.1) is 7.11 Å². The van der Waals surface area contributed by atoms with E-state index in [0.717, 1.165) is 0 Å². The minimum atomic E-state index is -0.406. The van der Waals surface area contributed by atoms with E-state index in [2.05, 4.69) is 20.7 Å². The Labute approximate surface area is 72.2 Å². The summed E-state index contributed by atoms with van der Waals surface area (Å²) in [6, 6.07) is 0. The molecule has 0 aliphatic rings. The van der Waals surface area contributed by atoms with E-state index in [4.69, 9.17) is 0 Å². The van der Waals surface area contributed by atoms with Crippen LogP contribution in [0.25, 0.3) is 0 Å². The van der Waals surface area contributed by atoms with Gasteiger partial charge in [0, 0.05) is 21.1 Å². The molecule has 0 saturated carbocycles. The molecule has 3 N–H and O–H groups in total. The molecule has 0 aromatic carbocycles. The summed E-state index contributed by atoms with van der Waals surface area (Å²) in [5.74, 6) is 0.195. The van der Waals surface area contributed by atoms with Crippen LogP contribution in [-0.2, 0) is 9.53 Å². The molecular formula is C7H15N3O2. The third-order valence-electron chi connectivity index (χ3n) is 1.39. The lowest BCUT2D eigenvalue weighted by Crippen LogP contribution is -2.30. The van der Waals surface area contributed by atoms with Gasteiger partial charge in [-0.1, -0.05) is 0 Å². The second-order valence-electron chi connectivity index (χ2n) is 1.99. The molecule has 0 radical (unpaired) electrons. The van der Waals surface area contributed by atoms with E-state index >= 15 is 0 Å². The average Bonchev–Trinajstić information content (AvgIpc) is 2.12. The zero-order valence-corrected chi connectivity index (χ0v) is 7.82. The summed E-state index contributed by atoms with van der Waals surface area (Å²) in [7, 11) is 6.42. The lowest BCUT2D eigenvalue weighted by atomic mass is 10.4. The number of likely N-dealkylation sites (N-methyl/N-ethyl adjacent to an activating group) is 1. The third kappa shape index (κ3) is 2.34. The van der Waals surface area contributed by atoms with Crippen molar-refractivity contribution in [2.75, 3.05) is 28.3 Å². The average molecular weight is 173 g/mol. The van der Waals surface area contributed by atoms with Gasteiger partial charge >= 0.3 is 5.97 Å². The second kappa shape index (κ2) is 5.29. The molecule has 0 saturated heterocycles. The highest BCUT2D eigenvalue weighted by atomic mass is 16.5. The van der Waals surface area contributed by atoms with Crippen LogP contribution in [0.15, 0.2) is 11.5 Å². The quantitative estimate of drug-likeness (QED) is 0.375. The Morgan fingerprint density at radius 2 is 1.58 bits per heavy atom. The van der Waals surface area contributed by atoms with Crippen LogP contribution < -0.4 is 16.0 Å². The fraction of sp³-hybridized carbons (Fsp3) is 0.571. The molecular weight excluding hydrogens is 158 g/mol. The maximum atomic E-state index is 11.1. The molecule has 0 aromatic rings. The number of methoxy groups -OCH3 is 1. The second-order valence-corrected chi connectivity index (χ2v) is 1.99. The highest BCUT2D eigenvalue weighted by molar-refractivity contribution is 5.88. The van der Waals surface area contributed by atoms with Gasteiger partial charge in [-0.2, -0.15) is 0 Å². The molecule has 0 spiro atoms. The first-order chi connectivity index (χ1) is 5.71. The Morgan fingerprint density at radius 3 is 1.83 bits per heavy atom. The van der Waals surface area contributed by atoms with Crippen molar-refractivity contribution in [1.29, 1.82) is 0 Å². The SMILES string of the molecule is CNC(NC)=C(NC)C(=O)OC. The van der Waals surface area contributed by atoms with Gasteiger partial charge < -0.3 is 20.7 Å². The van der Waals surface area contributed by atoms with Crippen molar-refractivity contribution in [3.8, 4) is 0 Å². The first-order valence-corrected chi connectivity index (χ1v) is 3.57. The van der Waals surface area contributed by atoms with Gasteiger partial charge in [0.25, 0.3) is 0 Å². The molecule has 12 heavy (non-hydrogen) atoms. The van der Waals surface area contributed by atoms with Crippen LogP contribution in [0.2, 0.25) is 0 Å². The van der Waals surface area contributed by atoms with Crippen LogP contribution in [0, 0.1) is 0 Å². The molecule has 0 aliphatic heterocycles. The minimum absolute atomic E-state index is 0.377. The molecule has 0 bridgehead atoms. The Bertz CT molecular complexity index is 183. The van der Waals surface area contributed by atoms with Crippen LogP contribution >= 0.6 is 0 Å². The smallest absolute Gasteiger partial charge is 0.357 e. The summed E-state index contributed by atoms with van der Waals surface area (Å²) in [5, 5.41) is 8.38. The van der Waals surface area contributed by atoms with E-state index in [0.29, 0.717) is 11.5 Å². The van der Waals surface area contributed by atoms with E-state index in [1.807, 2.05) is 0 Å². The van der Waals surface area contributed by atoms with E-state index in [9.17, 15) is 4.79 Å². The molecule has 0 heterocycles. The number of nitrogens with one attached hydrogen (secondary N) is 3. The molecule has 5 heteroatoms. The zero-order chi connectivity index (χ0) is 9.56. The number of carbonyl (C=O) groups is 1. The Kier molecular flexibility index (Phi) is 4.67. The topological polar surface area (TPSA) is 62.4 Å².